The summed E-state index contributed by atoms with van der Waals surface area (Å²) in [5.74, 6) is -2.10. The van der Waals surface area contributed by atoms with Crippen molar-refractivity contribution in [3.05, 3.63) is 55.6 Å². The molecule has 1 aromatic rings. The molecule has 1 spiro atoms. The lowest BCUT2D eigenvalue weighted by molar-refractivity contribution is -0.154. The number of hydrogen-bond acceptors (Lipinski definition) is 5. The van der Waals surface area contributed by atoms with Gasteiger partial charge in [-0.1, -0.05) is 30.4 Å². The van der Waals surface area contributed by atoms with Crippen molar-refractivity contribution in [2.45, 2.75) is 76.2 Å². The minimum atomic E-state index is -1.09. The number of anilines is 1. The van der Waals surface area contributed by atoms with Gasteiger partial charge >= 0.3 is 0 Å². The molecule has 212 valence electrons. The van der Waals surface area contributed by atoms with Crippen molar-refractivity contribution in [2.24, 2.45) is 11.8 Å². The quantitative estimate of drug-likeness (QED) is 0.344. The third-order valence-electron chi connectivity index (χ3n) is 8.62. The second-order valence-corrected chi connectivity index (χ2v) is 12.2. The molecule has 3 aliphatic rings. The Balaban J connectivity index is 1.79. The van der Waals surface area contributed by atoms with Gasteiger partial charge in [0.15, 0.2) is 0 Å². The molecule has 2 bridgehead atoms. The van der Waals surface area contributed by atoms with E-state index in [2.05, 4.69) is 13.2 Å². The normalized spacial score (nSPS) is 29.3. The largest absolute Gasteiger partial charge is 0.396 e. The van der Waals surface area contributed by atoms with E-state index in [1.165, 1.54) is 0 Å². The van der Waals surface area contributed by atoms with Crippen molar-refractivity contribution in [1.82, 2.24) is 9.80 Å². The summed E-state index contributed by atoms with van der Waals surface area (Å²) in [6.07, 6.45) is 5.54. The van der Waals surface area contributed by atoms with Crippen molar-refractivity contribution in [3.8, 4) is 0 Å². The Bertz CT molecular complexity index is 1110. The van der Waals surface area contributed by atoms with Crippen LogP contribution in [-0.2, 0) is 19.1 Å². The first-order valence-corrected chi connectivity index (χ1v) is 14.0. The van der Waals surface area contributed by atoms with Crippen LogP contribution in [0.5, 0.6) is 0 Å². The smallest absolute Gasteiger partial charge is 0.249 e. The maximum Gasteiger partial charge on any atom is 0.249 e. The lowest BCUT2D eigenvalue weighted by Crippen LogP contribution is -2.60. The number of nitrogens with zero attached hydrogens (tertiary/aromatic N) is 3. The molecule has 0 aliphatic carbocycles. The fourth-order valence-electron chi connectivity index (χ4n) is 6.91. The Labute approximate surface area is 232 Å². The number of amides is 3. The van der Waals surface area contributed by atoms with Crippen LogP contribution in [0.1, 0.15) is 53.4 Å². The van der Waals surface area contributed by atoms with Gasteiger partial charge in [0.2, 0.25) is 17.7 Å². The zero-order chi connectivity index (χ0) is 28.6. The summed E-state index contributed by atoms with van der Waals surface area (Å²) >= 11 is 0. The molecule has 0 aromatic heterocycles. The minimum absolute atomic E-state index is 0.00304. The predicted molar refractivity (Wildman–Crippen MR) is 151 cm³/mol. The number of aliphatic hydroxyl groups excluding tert-OH is 1. The van der Waals surface area contributed by atoms with Gasteiger partial charge in [-0.3, -0.25) is 14.4 Å². The van der Waals surface area contributed by atoms with Crippen molar-refractivity contribution in [2.75, 3.05) is 31.1 Å². The molecule has 0 saturated carbocycles. The van der Waals surface area contributed by atoms with Crippen molar-refractivity contribution >= 4 is 23.4 Å². The van der Waals surface area contributed by atoms with E-state index in [1.54, 1.807) is 26.9 Å². The number of carbonyl (C=O) groups is 3. The fourth-order valence-corrected chi connectivity index (χ4v) is 6.91. The third-order valence-corrected chi connectivity index (χ3v) is 8.62. The molecule has 3 aliphatic heterocycles. The second-order valence-electron chi connectivity index (χ2n) is 12.2. The van der Waals surface area contributed by atoms with Gasteiger partial charge in [0.25, 0.3) is 0 Å². The SMILES string of the molecule is C=CCN(C(=O)[C@H]1[C@H]2C(=O)N(CCCCO)C(C(=O)N(CC=C)C(C)(C)C)C23CC[C@]1(C)O3)c1ccccc1. The van der Waals surface area contributed by atoms with Crippen LogP contribution in [-0.4, -0.2) is 81.7 Å². The van der Waals surface area contributed by atoms with Gasteiger partial charge in [-0.15, -0.1) is 13.2 Å². The zero-order valence-corrected chi connectivity index (χ0v) is 23.8. The summed E-state index contributed by atoms with van der Waals surface area (Å²) in [5.41, 5.74) is -1.75. The molecule has 3 saturated heterocycles. The molecule has 8 heteroatoms. The van der Waals surface area contributed by atoms with Crippen LogP contribution in [0, 0.1) is 11.8 Å². The molecule has 1 N–H and O–H groups in total. The molecule has 39 heavy (non-hydrogen) atoms. The topological polar surface area (TPSA) is 90.4 Å². The van der Waals surface area contributed by atoms with Gasteiger partial charge in [-0.05, 0) is 65.5 Å². The Morgan fingerprint density at radius 1 is 1.10 bits per heavy atom. The Kier molecular flexibility index (Phi) is 8.11. The van der Waals surface area contributed by atoms with Crippen LogP contribution in [0.25, 0.3) is 0 Å². The van der Waals surface area contributed by atoms with Gasteiger partial charge in [0, 0.05) is 37.5 Å². The number of ether oxygens (including phenoxy) is 1. The average Bonchev–Trinajstić information content (AvgIpc) is 3.46. The highest BCUT2D eigenvalue weighted by molar-refractivity contribution is 6.03. The van der Waals surface area contributed by atoms with Gasteiger partial charge in [-0.25, -0.2) is 0 Å². The molecular formula is C31H43N3O5. The molecule has 3 fully saturated rings. The molecule has 2 unspecified atom stereocenters. The van der Waals surface area contributed by atoms with Gasteiger partial charge in [0.1, 0.15) is 11.6 Å². The molecule has 3 amide bonds. The molecule has 1 aromatic carbocycles. The minimum Gasteiger partial charge on any atom is -0.396 e. The number of likely N-dealkylation sites (tertiary alicyclic amines) is 1. The third kappa shape index (κ3) is 4.82. The summed E-state index contributed by atoms with van der Waals surface area (Å²) in [7, 11) is 0. The van der Waals surface area contributed by atoms with E-state index >= 15 is 0 Å². The summed E-state index contributed by atoms with van der Waals surface area (Å²) in [4.78, 5) is 48.1. The van der Waals surface area contributed by atoms with Crippen molar-refractivity contribution in [3.63, 3.8) is 0 Å². The zero-order valence-electron chi connectivity index (χ0n) is 23.8. The number of unbranched alkanes of at least 4 members (excludes halogenated alkanes) is 1. The van der Waals surface area contributed by atoms with E-state index in [4.69, 9.17) is 4.74 Å². The molecular weight excluding hydrogens is 494 g/mol. The Morgan fingerprint density at radius 2 is 1.77 bits per heavy atom. The maximum absolute atomic E-state index is 14.4. The average molecular weight is 538 g/mol. The molecule has 3 heterocycles. The number of aliphatic hydroxyl groups is 1. The highest BCUT2D eigenvalue weighted by atomic mass is 16.5. The number of para-hydroxylation sites is 1. The lowest BCUT2D eigenvalue weighted by Gasteiger charge is -2.42. The van der Waals surface area contributed by atoms with Crippen molar-refractivity contribution < 1.29 is 24.2 Å². The van der Waals surface area contributed by atoms with Crippen LogP contribution in [0.15, 0.2) is 55.6 Å². The van der Waals surface area contributed by atoms with E-state index in [-0.39, 0.29) is 24.3 Å². The number of carbonyl (C=O) groups excluding carboxylic acids is 3. The Morgan fingerprint density at radius 3 is 2.36 bits per heavy atom. The number of benzene rings is 1. The standard InChI is InChI=1S/C31H43N3O5/c1-7-18-32(22-14-10-9-11-15-22)26(36)23-24-27(37)33(20-12-13-21-35)25(31(24)17-16-30(23,6)39-31)28(38)34(19-8-2)29(3,4)5/h7-11,14-15,23-25,35H,1-2,12-13,16-21H2,3-6H3/t23-,24+,25?,30+,31?/m1/s1. The monoisotopic (exact) mass is 537 g/mol. The summed E-state index contributed by atoms with van der Waals surface area (Å²) < 4.78 is 6.79. The second kappa shape index (κ2) is 10.9. The maximum atomic E-state index is 14.4. The van der Waals surface area contributed by atoms with Gasteiger partial charge < -0.3 is 24.5 Å². The van der Waals surface area contributed by atoms with E-state index < -0.39 is 34.6 Å². The van der Waals surface area contributed by atoms with E-state index in [1.807, 2.05) is 58.0 Å². The first-order chi connectivity index (χ1) is 18.5. The van der Waals surface area contributed by atoms with Crippen LogP contribution in [0.4, 0.5) is 5.69 Å². The highest BCUT2D eigenvalue weighted by Gasteiger charge is 2.78. The highest BCUT2D eigenvalue weighted by Crippen LogP contribution is 2.63. The fraction of sp³-hybridized carbons (Fsp3) is 0.581. The number of hydrogen-bond donors (Lipinski definition) is 1. The van der Waals surface area contributed by atoms with Crippen LogP contribution in [0.3, 0.4) is 0 Å². The van der Waals surface area contributed by atoms with Gasteiger partial charge in [0.05, 0.1) is 17.4 Å². The van der Waals surface area contributed by atoms with Crippen LogP contribution >= 0.6 is 0 Å². The number of rotatable bonds is 11. The molecule has 0 radical (unpaired) electrons. The molecule has 5 atom stereocenters. The summed E-state index contributed by atoms with van der Waals surface area (Å²) in [6.45, 7) is 16.4. The first kappa shape index (κ1) is 29.0. The molecule has 4 rings (SSSR count). The first-order valence-electron chi connectivity index (χ1n) is 14.0. The van der Waals surface area contributed by atoms with Crippen molar-refractivity contribution in [1.29, 1.82) is 0 Å². The predicted octanol–water partition coefficient (Wildman–Crippen LogP) is 3.56. The van der Waals surface area contributed by atoms with Gasteiger partial charge in [-0.2, -0.15) is 0 Å². The van der Waals surface area contributed by atoms with E-state index in [0.717, 1.165) is 5.69 Å². The van der Waals surface area contributed by atoms with Crippen LogP contribution in [0.2, 0.25) is 0 Å². The van der Waals surface area contributed by atoms with Crippen LogP contribution < -0.4 is 4.90 Å². The lowest BCUT2D eigenvalue weighted by atomic mass is 9.66. The number of fused-ring (bicyclic) bond motifs is 1. The Hall–Kier alpha value is -2.97. The van der Waals surface area contributed by atoms with E-state index in [9.17, 15) is 19.5 Å². The summed E-state index contributed by atoms with van der Waals surface area (Å²) in [6, 6.07) is 8.53. The summed E-state index contributed by atoms with van der Waals surface area (Å²) in [5, 5.41) is 9.41. The molecule has 8 nitrogen and oxygen atoms in total. The van der Waals surface area contributed by atoms with E-state index in [0.29, 0.717) is 45.3 Å².